The van der Waals surface area contributed by atoms with Crippen LogP contribution in [0.5, 0.6) is 11.5 Å². The number of benzene rings is 2. The summed E-state index contributed by atoms with van der Waals surface area (Å²) < 4.78 is 12.6. The molecule has 0 spiro atoms. The number of ether oxygens (including phenoxy) is 2. The van der Waals surface area contributed by atoms with Gasteiger partial charge in [0.2, 0.25) is 11.1 Å². The number of hydrogen-bond donors (Lipinski definition) is 1. The first-order valence-electron chi connectivity index (χ1n) is 9.21. The maximum atomic E-state index is 13.0. The van der Waals surface area contributed by atoms with Crippen molar-refractivity contribution in [2.24, 2.45) is 0 Å². The summed E-state index contributed by atoms with van der Waals surface area (Å²) in [6, 6.07) is 12.6. The molecule has 8 nitrogen and oxygen atoms in total. The second-order valence-electron chi connectivity index (χ2n) is 6.64. The Balaban J connectivity index is 2.12. The third-order valence-electron chi connectivity index (χ3n) is 5.01. The summed E-state index contributed by atoms with van der Waals surface area (Å²) in [5, 5.41) is 5.09. The lowest BCUT2D eigenvalue weighted by Crippen LogP contribution is -2.60. The van der Waals surface area contributed by atoms with Crippen LogP contribution in [0.15, 0.2) is 52.4 Å². The summed E-state index contributed by atoms with van der Waals surface area (Å²) in [7, 11) is 3.13. The van der Waals surface area contributed by atoms with E-state index < -0.39 is 6.17 Å². The fraction of sp³-hybridized carbons (Fsp3) is 0.238. The molecule has 2 aromatic carbocycles. The van der Waals surface area contributed by atoms with Crippen LogP contribution in [-0.2, 0) is 4.79 Å². The minimum absolute atomic E-state index is 0.191. The monoisotopic (exact) mass is 425 g/mol. The number of hydrogen-bond acceptors (Lipinski definition) is 6. The zero-order chi connectivity index (χ0) is 21.4. The quantitative estimate of drug-likeness (QED) is 0.510. The smallest absolute Gasteiger partial charge is 0.325 e. The topological polar surface area (TPSA) is 88.4 Å². The first-order chi connectivity index (χ1) is 14.5. The van der Waals surface area contributed by atoms with E-state index in [0.29, 0.717) is 39.2 Å². The van der Waals surface area contributed by atoms with Gasteiger partial charge in [0.15, 0.2) is 0 Å². The normalized spacial score (nSPS) is 14.7. The molecule has 1 aliphatic rings. The van der Waals surface area contributed by atoms with Crippen LogP contribution in [0.3, 0.4) is 0 Å². The Kier molecular flexibility index (Phi) is 5.21. The number of nitrogens with one attached hydrogen (secondary N) is 1. The lowest BCUT2D eigenvalue weighted by molar-refractivity contribution is -0.763. The van der Waals surface area contributed by atoms with E-state index in [4.69, 9.17) is 9.47 Å². The zero-order valence-electron chi connectivity index (χ0n) is 17.0. The van der Waals surface area contributed by atoms with Gasteiger partial charge in [0.1, 0.15) is 11.5 Å². The van der Waals surface area contributed by atoms with Gasteiger partial charge in [0, 0.05) is 12.0 Å². The molecule has 3 aromatic rings. The number of amides is 1. The van der Waals surface area contributed by atoms with Crippen molar-refractivity contribution in [1.82, 2.24) is 10.1 Å². The first-order valence-corrected chi connectivity index (χ1v) is 10.4. The number of aromatic nitrogens is 3. The zero-order valence-corrected chi connectivity index (χ0v) is 17.8. The van der Waals surface area contributed by atoms with Gasteiger partial charge in [-0.05, 0) is 41.3 Å². The van der Waals surface area contributed by atoms with Gasteiger partial charge in [-0.15, -0.1) is 0 Å². The fourth-order valence-corrected chi connectivity index (χ4v) is 4.09. The van der Waals surface area contributed by atoms with Crippen molar-refractivity contribution in [2.75, 3.05) is 25.4 Å². The highest BCUT2D eigenvalue weighted by molar-refractivity contribution is 7.98. The molecular formula is C21H21N4O4S+. The summed E-state index contributed by atoms with van der Waals surface area (Å²) in [4.78, 5) is 30.3. The number of H-pyrrole nitrogens is 1. The maximum Gasteiger partial charge on any atom is 0.325 e. The number of para-hydroxylation sites is 1. The Morgan fingerprint density at radius 3 is 2.63 bits per heavy atom. The Morgan fingerprint density at radius 1 is 1.20 bits per heavy atom. The van der Waals surface area contributed by atoms with Gasteiger partial charge >= 0.3 is 11.3 Å². The predicted molar refractivity (Wildman–Crippen MR) is 113 cm³/mol. The SMILES string of the molecule is COc1ccc(OC)c([C@H]2N(C(C)=O)c3ccccc3-c3c(=O)[nH]c(SC)n[n+]32)c1. The number of nitrogens with zero attached hydrogens (tertiary/aromatic N) is 3. The lowest BCUT2D eigenvalue weighted by Gasteiger charge is -2.31. The average molecular weight is 425 g/mol. The fourth-order valence-electron chi connectivity index (χ4n) is 3.73. The number of carbonyl (C=O) groups is 1. The molecule has 0 saturated carbocycles. The number of carbonyl (C=O) groups excluding carboxylic acids is 1. The van der Waals surface area contributed by atoms with Crippen molar-refractivity contribution in [2.45, 2.75) is 18.2 Å². The summed E-state index contributed by atoms with van der Waals surface area (Å²) in [6.07, 6.45) is 1.09. The molecule has 0 unspecified atom stereocenters. The number of thioether (sulfide) groups is 1. The van der Waals surface area contributed by atoms with Crippen molar-refractivity contribution in [3.8, 4) is 22.8 Å². The molecule has 30 heavy (non-hydrogen) atoms. The minimum Gasteiger partial charge on any atom is -0.497 e. The Morgan fingerprint density at radius 2 is 1.97 bits per heavy atom. The van der Waals surface area contributed by atoms with Crippen LogP contribution < -0.4 is 24.6 Å². The van der Waals surface area contributed by atoms with E-state index in [1.54, 1.807) is 42.0 Å². The van der Waals surface area contributed by atoms with Crippen LogP contribution in [0, 0.1) is 0 Å². The van der Waals surface area contributed by atoms with Crippen molar-refractivity contribution in [3.05, 3.63) is 58.4 Å². The van der Waals surface area contributed by atoms with Crippen LogP contribution in [0.25, 0.3) is 11.3 Å². The van der Waals surface area contributed by atoms with Gasteiger partial charge in [0.05, 0.1) is 31.0 Å². The highest BCUT2D eigenvalue weighted by atomic mass is 32.2. The van der Waals surface area contributed by atoms with E-state index in [0.717, 1.165) is 0 Å². The van der Waals surface area contributed by atoms with Crippen LogP contribution in [0.4, 0.5) is 5.69 Å². The van der Waals surface area contributed by atoms with E-state index in [-0.39, 0.29) is 11.5 Å². The van der Waals surface area contributed by atoms with E-state index in [1.165, 1.54) is 18.7 Å². The van der Waals surface area contributed by atoms with Crippen LogP contribution in [-0.4, -0.2) is 36.5 Å². The van der Waals surface area contributed by atoms with E-state index in [1.807, 2.05) is 30.5 Å². The number of rotatable bonds is 4. The number of methoxy groups -OCH3 is 2. The summed E-state index contributed by atoms with van der Waals surface area (Å²) in [5.41, 5.74) is 2.00. The molecule has 0 radical (unpaired) electrons. The van der Waals surface area contributed by atoms with Crippen molar-refractivity contribution in [3.63, 3.8) is 0 Å². The maximum absolute atomic E-state index is 13.0. The van der Waals surface area contributed by atoms with Gasteiger partial charge < -0.3 is 9.47 Å². The third kappa shape index (κ3) is 3.11. The van der Waals surface area contributed by atoms with E-state index >= 15 is 0 Å². The Bertz CT molecular complexity index is 1190. The van der Waals surface area contributed by atoms with Gasteiger partial charge in [-0.3, -0.25) is 14.6 Å². The molecular weight excluding hydrogens is 404 g/mol. The molecule has 1 atom stereocenters. The lowest BCUT2D eigenvalue weighted by atomic mass is 10.0. The van der Waals surface area contributed by atoms with Gasteiger partial charge in [-0.1, -0.05) is 23.9 Å². The summed E-state index contributed by atoms with van der Waals surface area (Å²) in [6.45, 7) is 1.49. The Hall–Kier alpha value is -3.33. The summed E-state index contributed by atoms with van der Waals surface area (Å²) >= 11 is 1.31. The standard InChI is InChI=1S/C21H20N4O4S/c1-12(26)24-16-8-6-5-7-14(16)18-19(27)22-21(30-4)23-25(18)20(24)15-11-13(28-2)9-10-17(15)29-3/h5-11,20H,1-4H3/p+1/t20-/m0/s1. The second-order valence-corrected chi connectivity index (χ2v) is 7.44. The van der Waals surface area contributed by atoms with Gasteiger partial charge in [-0.2, -0.15) is 0 Å². The average Bonchev–Trinajstić information content (AvgIpc) is 2.76. The molecule has 1 aliphatic heterocycles. The summed E-state index contributed by atoms with van der Waals surface area (Å²) in [5.74, 6) is 0.964. The van der Waals surface area contributed by atoms with E-state index in [2.05, 4.69) is 10.1 Å². The molecule has 2 heterocycles. The molecule has 4 rings (SSSR count). The first kappa shape index (κ1) is 20.0. The third-order valence-corrected chi connectivity index (χ3v) is 5.58. The number of anilines is 1. The predicted octanol–water partition coefficient (Wildman–Crippen LogP) is 2.38. The van der Waals surface area contributed by atoms with Crippen molar-refractivity contribution >= 4 is 23.4 Å². The molecule has 154 valence electrons. The minimum atomic E-state index is -0.731. The van der Waals surface area contributed by atoms with Gasteiger partial charge in [-0.25, -0.2) is 4.90 Å². The van der Waals surface area contributed by atoms with E-state index in [9.17, 15) is 9.59 Å². The Labute approximate surface area is 177 Å². The highest BCUT2D eigenvalue weighted by Crippen LogP contribution is 2.40. The molecule has 1 amide bonds. The molecule has 1 aromatic heterocycles. The van der Waals surface area contributed by atoms with Crippen molar-refractivity contribution < 1.29 is 19.0 Å². The molecule has 1 N–H and O–H groups in total. The second kappa shape index (κ2) is 7.83. The van der Waals surface area contributed by atoms with Crippen molar-refractivity contribution in [1.29, 1.82) is 0 Å². The van der Waals surface area contributed by atoms with Gasteiger partial charge in [0.25, 0.3) is 6.17 Å². The molecule has 0 aliphatic carbocycles. The highest BCUT2D eigenvalue weighted by Gasteiger charge is 2.46. The molecule has 0 saturated heterocycles. The molecule has 0 bridgehead atoms. The van der Waals surface area contributed by atoms with Crippen LogP contribution >= 0.6 is 11.8 Å². The molecule has 0 fully saturated rings. The largest absolute Gasteiger partial charge is 0.497 e. The molecule has 9 heteroatoms. The number of aromatic amines is 1. The number of fused-ring (bicyclic) bond motifs is 3. The van der Waals surface area contributed by atoms with Crippen LogP contribution in [0.2, 0.25) is 0 Å². The van der Waals surface area contributed by atoms with Crippen LogP contribution in [0.1, 0.15) is 18.7 Å².